The maximum atomic E-state index is 13.6. The lowest BCUT2D eigenvalue weighted by molar-refractivity contribution is -0.117. The minimum absolute atomic E-state index is 0.00196. The van der Waals surface area contributed by atoms with Crippen LogP contribution in [0.5, 0.6) is 5.75 Å². The molecule has 0 fully saturated rings. The van der Waals surface area contributed by atoms with Crippen molar-refractivity contribution in [3.63, 3.8) is 0 Å². The average Bonchev–Trinajstić information content (AvgIpc) is 3.39. The van der Waals surface area contributed by atoms with E-state index in [1.54, 1.807) is 31.2 Å². The number of nitriles is 1. The van der Waals surface area contributed by atoms with Gasteiger partial charge >= 0.3 is 0 Å². The van der Waals surface area contributed by atoms with Crippen molar-refractivity contribution in [3.05, 3.63) is 84.1 Å². The fraction of sp³-hybridized carbons (Fsp3) is 0.0769. The summed E-state index contributed by atoms with van der Waals surface area (Å²) in [5.74, 6) is -2.16. The summed E-state index contributed by atoms with van der Waals surface area (Å²) in [4.78, 5) is 29.1. The first-order valence-corrected chi connectivity index (χ1v) is 10.7. The number of nitrogens with two attached hydrogens (primary N) is 1. The number of amides is 2. The number of anilines is 2. The van der Waals surface area contributed by atoms with Crippen LogP contribution in [0.1, 0.15) is 23.0 Å². The normalized spacial score (nSPS) is 11.4. The largest absolute Gasteiger partial charge is 0.507 e. The summed E-state index contributed by atoms with van der Waals surface area (Å²) in [5, 5.41) is 25.6. The molecule has 1 atom stereocenters. The summed E-state index contributed by atoms with van der Waals surface area (Å²) < 4.78 is 18.7. The molecule has 0 saturated carbocycles. The molecule has 2 amide bonds. The van der Waals surface area contributed by atoms with Gasteiger partial charge in [0, 0.05) is 22.9 Å². The summed E-state index contributed by atoms with van der Waals surface area (Å²) >= 11 is 0. The maximum Gasteiger partial charge on any atom is 0.292 e. The minimum atomic E-state index is -0.735. The Morgan fingerprint density at radius 2 is 1.92 bits per heavy atom. The number of carbonyl (C=O) groups is 2. The first kappa shape index (κ1) is 24.1. The molecule has 36 heavy (non-hydrogen) atoms. The Kier molecular flexibility index (Phi) is 6.76. The number of nitrogens with one attached hydrogen (secondary N) is 2. The number of hydrogen-bond donors (Lipinski definition) is 4. The number of pyridine rings is 1. The van der Waals surface area contributed by atoms with Gasteiger partial charge in [0.2, 0.25) is 5.91 Å². The third-order valence-electron chi connectivity index (χ3n) is 5.20. The van der Waals surface area contributed by atoms with Gasteiger partial charge in [-0.25, -0.2) is 9.37 Å². The molecule has 10 heteroatoms. The zero-order valence-electron chi connectivity index (χ0n) is 18.9. The molecular weight excluding hydrogens is 465 g/mol. The number of carbonyl (C=O) groups excluding carboxylic acids is 2. The maximum absolute atomic E-state index is 13.6. The summed E-state index contributed by atoms with van der Waals surface area (Å²) in [6.07, 6.45) is 1.33. The Morgan fingerprint density at radius 1 is 1.11 bits per heavy atom. The highest BCUT2D eigenvalue weighted by atomic mass is 19.1. The van der Waals surface area contributed by atoms with Gasteiger partial charge in [-0.2, -0.15) is 5.26 Å². The van der Waals surface area contributed by atoms with E-state index in [9.17, 15) is 24.3 Å². The lowest BCUT2D eigenvalue weighted by Gasteiger charge is -2.15. The first-order chi connectivity index (χ1) is 17.3. The number of benzene rings is 2. The van der Waals surface area contributed by atoms with E-state index in [4.69, 9.17) is 10.2 Å². The Bertz CT molecular complexity index is 1490. The zero-order valence-corrected chi connectivity index (χ0v) is 18.9. The highest BCUT2D eigenvalue weighted by Gasteiger charge is 2.20. The number of phenols is 1. The van der Waals surface area contributed by atoms with Crippen molar-refractivity contribution in [2.24, 2.45) is 5.73 Å². The van der Waals surface area contributed by atoms with Gasteiger partial charge in [0.25, 0.3) is 5.91 Å². The fourth-order valence-corrected chi connectivity index (χ4v) is 3.43. The lowest BCUT2D eigenvalue weighted by Crippen LogP contribution is -2.32. The number of aromatic nitrogens is 1. The Morgan fingerprint density at radius 3 is 2.58 bits per heavy atom. The molecule has 1 unspecified atom stereocenters. The molecule has 4 rings (SSSR count). The number of furan rings is 1. The van der Waals surface area contributed by atoms with E-state index in [1.807, 2.05) is 0 Å². The van der Waals surface area contributed by atoms with Gasteiger partial charge in [0.1, 0.15) is 23.2 Å². The summed E-state index contributed by atoms with van der Waals surface area (Å²) in [6, 6.07) is 15.9. The molecule has 0 spiro atoms. The fourth-order valence-electron chi connectivity index (χ4n) is 3.43. The van der Waals surface area contributed by atoms with Crippen molar-refractivity contribution in [3.8, 4) is 34.2 Å². The Hall–Kier alpha value is -5.01. The molecule has 2 heterocycles. The second-order valence-electron chi connectivity index (χ2n) is 7.84. The second kappa shape index (κ2) is 10.1. The van der Waals surface area contributed by atoms with Gasteiger partial charge in [0.05, 0.1) is 18.0 Å². The number of nitrogens with zero attached hydrogens (tertiary/aromatic N) is 2. The van der Waals surface area contributed by atoms with Crippen molar-refractivity contribution in [2.45, 2.75) is 13.0 Å². The van der Waals surface area contributed by atoms with Gasteiger partial charge in [-0.3, -0.25) is 9.59 Å². The van der Waals surface area contributed by atoms with Crippen LogP contribution < -0.4 is 16.4 Å². The van der Waals surface area contributed by atoms with Crippen molar-refractivity contribution < 1.29 is 23.5 Å². The summed E-state index contributed by atoms with van der Waals surface area (Å²) in [7, 11) is 0. The molecule has 0 bridgehead atoms. The van der Waals surface area contributed by atoms with Crippen molar-refractivity contribution in [1.29, 1.82) is 5.26 Å². The quantitative estimate of drug-likeness (QED) is 0.318. The van der Waals surface area contributed by atoms with Crippen molar-refractivity contribution in [2.75, 3.05) is 10.6 Å². The molecule has 180 valence electrons. The van der Waals surface area contributed by atoms with Crippen LogP contribution in [0.15, 0.2) is 71.3 Å². The van der Waals surface area contributed by atoms with Gasteiger partial charge in [-0.05, 0) is 55.0 Å². The smallest absolute Gasteiger partial charge is 0.292 e. The van der Waals surface area contributed by atoms with Crippen LogP contribution in [0.2, 0.25) is 0 Å². The highest BCUT2D eigenvalue weighted by molar-refractivity contribution is 6.03. The number of hydrogen-bond acceptors (Lipinski definition) is 7. The summed E-state index contributed by atoms with van der Waals surface area (Å²) in [5.41, 5.74) is 7.29. The van der Waals surface area contributed by atoms with Gasteiger partial charge in [-0.1, -0.05) is 12.1 Å². The van der Waals surface area contributed by atoms with E-state index in [0.717, 1.165) is 12.1 Å². The molecule has 0 aliphatic carbocycles. The van der Waals surface area contributed by atoms with Crippen LogP contribution >= 0.6 is 0 Å². The predicted molar refractivity (Wildman–Crippen MR) is 130 cm³/mol. The van der Waals surface area contributed by atoms with Crippen LogP contribution in [0.3, 0.4) is 0 Å². The third-order valence-corrected chi connectivity index (χ3v) is 5.20. The molecule has 0 radical (unpaired) electrons. The second-order valence-corrected chi connectivity index (χ2v) is 7.84. The van der Waals surface area contributed by atoms with E-state index in [0.29, 0.717) is 16.8 Å². The van der Waals surface area contributed by atoms with Crippen LogP contribution in [0.25, 0.3) is 22.4 Å². The van der Waals surface area contributed by atoms with E-state index < -0.39 is 23.7 Å². The zero-order chi connectivity index (χ0) is 25.8. The average molecular weight is 485 g/mol. The van der Waals surface area contributed by atoms with Gasteiger partial charge in [0.15, 0.2) is 11.6 Å². The van der Waals surface area contributed by atoms with Crippen molar-refractivity contribution in [1.82, 2.24) is 4.98 Å². The number of halogens is 1. The molecular formula is C26H20FN5O4. The molecule has 0 saturated heterocycles. The first-order valence-electron chi connectivity index (χ1n) is 10.7. The molecule has 2 aromatic carbocycles. The van der Waals surface area contributed by atoms with Crippen LogP contribution in [0.4, 0.5) is 15.9 Å². The molecule has 0 aliphatic rings. The molecule has 9 nitrogen and oxygen atoms in total. The van der Waals surface area contributed by atoms with Crippen LogP contribution in [-0.2, 0) is 4.79 Å². The van der Waals surface area contributed by atoms with Gasteiger partial charge in [-0.15, -0.1) is 0 Å². The molecule has 5 N–H and O–H groups in total. The third kappa shape index (κ3) is 5.06. The van der Waals surface area contributed by atoms with E-state index in [-0.39, 0.29) is 34.1 Å². The van der Waals surface area contributed by atoms with Crippen LogP contribution in [-0.4, -0.2) is 27.9 Å². The van der Waals surface area contributed by atoms with E-state index in [2.05, 4.69) is 21.7 Å². The topological polar surface area (TPSA) is 154 Å². The number of rotatable bonds is 6. The predicted octanol–water partition coefficient (Wildman–Crippen LogP) is 4.26. The van der Waals surface area contributed by atoms with Crippen molar-refractivity contribution >= 4 is 23.3 Å². The number of aromatic hydroxyl groups is 1. The van der Waals surface area contributed by atoms with E-state index in [1.165, 1.54) is 30.5 Å². The lowest BCUT2D eigenvalue weighted by atomic mass is 9.97. The molecule has 4 aromatic rings. The Labute approximate surface area is 205 Å². The molecule has 2 aromatic heterocycles. The Balaban J connectivity index is 1.88. The minimum Gasteiger partial charge on any atom is -0.507 e. The number of phenolic OH excluding ortho intramolecular Hbond substituents is 1. The highest BCUT2D eigenvalue weighted by Crippen LogP contribution is 2.36. The standard InChI is InChI=1S/C26H20FN5O4/c1-14(29)25(34)30-17-5-2-4-15(10-17)19-12-21(18-8-7-16(27)11-22(18)33)31-24(20(19)13-28)32-26(35)23-6-3-9-36-23/h2-12,14,33H,29H2,1H3,(H,30,34)(H,31,32,35). The monoisotopic (exact) mass is 485 g/mol. The van der Waals surface area contributed by atoms with Crippen LogP contribution in [0, 0.1) is 17.1 Å². The SMILES string of the molecule is CC(N)C(=O)Nc1cccc(-c2cc(-c3ccc(F)cc3O)nc(NC(=O)c3ccco3)c2C#N)c1. The van der Waals surface area contributed by atoms with Gasteiger partial charge < -0.3 is 25.9 Å². The van der Waals surface area contributed by atoms with E-state index >= 15 is 0 Å². The summed E-state index contributed by atoms with van der Waals surface area (Å²) in [6.45, 7) is 1.55. The molecule has 0 aliphatic heterocycles.